The van der Waals surface area contributed by atoms with Gasteiger partial charge in [-0.3, -0.25) is 4.79 Å². The van der Waals surface area contributed by atoms with E-state index in [1.54, 1.807) is 6.92 Å². The van der Waals surface area contributed by atoms with Crippen LogP contribution in [-0.2, 0) is 14.0 Å². The normalized spacial score (nSPS) is 16.6. The molecular weight excluding hydrogens is 346 g/mol. The maximum atomic E-state index is 12.4. The smallest absolute Gasteiger partial charge is 0.407 e. The minimum Gasteiger partial charge on any atom is -0.444 e. The fourth-order valence-electron chi connectivity index (χ4n) is 2.38. The highest BCUT2D eigenvalue weighted by Crippen LogP contribution is 2.38. The molecule has 0 fully saturated rings. The van der Waals surface area contributed by atoms with Crippen LogP contribution in [0, 0.1) is 5.92 Å². The molecule has 0 aromatic carbocycles. The predicted molar refractivity (Wildman–Crippen MR) is 110 cm³/mol. The first-order valence-corrected chi connectivity index (χ1v) is 12.6. The van der Waals surface area contributed by atoms with Crippen molar-refractivity contribution in [3.05, 3.63) is 0 Å². The van der Waals surface area contributed by atoms with E-state index in [9.17, 15) is 9.59 Å². The summed E-state index contributed by atoms with van der Waals surface area (Å²) in [6.07, 6.45) is 0.346. The highest BCUT2D eigenvalue weighted by molar-refractivity contribution is 6.74. The van der Waals surface area contributed by atoms with Crippen molar-refractivity contribution in [3.8, 4) is 0 Å². The van der Waals surface area contributed by atoms with Gasteiger partial charge in [-0.25, -0.2) is 4.79 Å². The molecule has 0 radical (unpaired) electrons. The van der Waals surface area contributed by atoms with Crippen molar-refractivity contribution in [1.82, 2.24) is 5.32 Å². The van der Waals surface area contributed by atoms with Gasteiger partial charge in [-0.05, 0) is 51.7 Å². The molecule has 0 heterocycles. The van der Waals surface area contributed by atoms with Gasteiger partial charge in [0, 0.05) is 6.42 Å². The van der Waals surface area contributed by atoms with E-state index in [2.05, 4.69) is 53.0 Å². The lowest BCUT2D eigenvalue weighted by Gasteiger charge is -2.42. The van der Waals surface area contributed by atoms with Crippen LogP contribution in [0.4, 0.5) is 4.79 Å². The molecule has 6 heteroatoms. The Labute approximate surface area is 161 Å². The van der Waals surface area contributed by atoms with Gasteiger partial charge in [-0.2, -0.15) is 0 Å². The Morgan fingerprint density at radius 3 is 1.92 bits per heavy atom. The van der Waals surface area contributed by atoms with E-state index >= 15 is 0 Å². The molecule has 0 rings (SSSR count). The molecule has 5 nitrogen and oxygen atoms in total. The summed E-state index contributed by atoms with van der Waals surface area (Å²) in [7, 11) is -2.10. The van der Waals surface area contributed by atoms with Crippen molar-refractivity contribution < 1.29 is 18.8 Å². The molecule has 0 aliphatic carbocycles. The average molecular weight is 388 g/mol. The van der Waals surface area contributed by atoms with Crippen LogP contribution in [0.2, 0.25) is 18.1 Å². The summed E-state index contributed by atoms with van der Waals surface area (Å²) in [5.74, 6) is 0.227. The number of hydrogen-bond acceptors (Lipinski definition) is 4. The van der Waals surface area contributed by atoms with Crippen LogP contribution >= 0.6 is 0 Å². The van der Waals surface area contributed by atoms with Crippen molar-refractivity contribution in [2.45, 2.75) is 111 Å². The van der Waals surface area contributed by atoms with E-state index in [0.717, 1.165) is 6.42 Å². The Balaban J connectivity index is 5.62. The first kappa shape index (κ1) is 25.1. The molecular formula is C20H41NO4Si. The third kappa shape index (κ3) is 8.67. The first-order chi connectivity index (χ1) is 11.5. The van der Waals surface area contributed by atoms with Crippen LogP contribution in [-0.4, -0.2) is 37.9 Å². The first-order valence-electron chi connectivity index (χ1n) is 9.67. The highest BCUT2D eigenvalue weighted by Gasteiger charge is 2.42. The van der Waals surface area contributed by atoms with Gasteiger partial charge < -0.3 is 14.5 Å². The number of hydrogen-bond donors (Lipinski definition) is 1. The second kappa shape index (κ2) is 9.35. The molecule has 0 spiro atoms. The molecule has 1 amide bonds. The van der Waals surface area contributed by atoms with Gasteiger partial charge in [0.25, 0.3) is 0 Å². The zero-order chi connectivity index (χ0) is 20.9. The molecule has 0 unspecified atom stereocenters. The van der Waals surface area contributed by atoms with E-state index in [-0.39, 0.29) is 35.3 Å². The number of alkyl carbamates (subject to hydrolysis) is 1. The van der Waals surface area contributed by atoms with Crippen LogP contribution in [0.25, 0.3) is 0 Å². The molecule has 0 saturated carbocycles. The van der Waals surface area contributed by atoms with Gasteiger partial charge in [-0.1, -0.05) is 41.0 Å². The maximum Gasteiger partial charge on any atom is 0.407 e. The van der Waals surface area contributed by atoms with Gasteiger partial charge >= 0.3 is 6.09 Å². The largest absolute Gasteiger partial charge is 0.444 e. The van der Waals surface area contributed by atoms with Crippen molar-refractivity contribution in [2.24, 2.45) is 5.92 Å². The second-order valence-corrected chi connectivity index (χ2v) is 14.6. The van der Waals surface area contributed by atoms with Gasteiger partial charge in [0.05, 0.1) is 12.1 Å². The standard InChI is InChI=1S/C20H41NO4Si/c1-12-14(2)17(21-18(23)24-19(4,5)6)16(13-15(3)22)25-26(10,11)20(7,8)9/h14,16-17H,12-13H2,1-11H3,(H,21,23)/t14-,16-,17+/m0/s1. The van der Waals surface area contributed by atoms with Crippen molar-refractivity contribution in [2.75, 3.05) is 0 Å². The lowest BCUT2D eigenvalue weighted by atomic mass is 9.92. The molecule has 3 atom stereocenters. The molecule has 0 bridgehead atoms. The molecule has 0 aliphatic heterocycles. The van der Waals surface area contributed by atoms with E-state index in [1.165, 1.54) is 0 Å². The van der Waals surface area contributed by atoms with Crippen molar-refractivity contribution in [1.29, 1.82) is 0 Å². The minimum absolute atomic E-state index is 0.0218. The summed E-state index contributed by atoms with van der Waals surface area (Å²) >= 11 is 0. The van der Waals surface area contributed by atoms with Crippen molar-refractivity contribution >= 4 is 20.2 Å². The summed E-state index contributed by atoms with van der Waals surface area (Å²) in [5.41, 5.74) is -0.569. The number of ether oxygens (including phenoxy) is 1. The predicted octanol–water partition coefficient (Wildman–Crippen LogP) is 5.30. The Morgan fingerprint density at radius 1 is 1.08 bits per heavy atom. The number of carbonyl (C=O) groups excluding carboxylic acids is 2. The number of rotatable bonds is 8. The number of amides is 1. The Morgan fingerprint density at radius 2 is 1.58 bits per heavy atom. The fraction of sp³-hybridized carbons (Fsp3) is 0.900. The lowest BCUT2D eigenvalue weighted by molar-refractivity contribution is -0.119. The second-order valence-electron chi connectivity index (χ2n) is 9.88. The SMILES string of the molecule is CC[C@H](C)[C@@H](NC(=O)OC(C)(C)C)[C@H](CC(C)=O)O[Si](C)(C)C(C)(C)C. The van der Waals surface area contributed by atoms with E-state index in [1.807, 2.05) is 20.8 Å². The molecule has 0 aliphatic rings. The van der Waals surface area contributed by atoms with Crippen LogP contribution in [0.15, 0.2) is 0 Å². The molecule has 154 valence electrons. The Bertz CT molecular complexity index is 477. The summed E-state index contributed by atoms with van der Waals surface area (Å²) in [4.78, 5) is 24.3. The van der Waals surface area contributed by atoms with Crippen LogP contribution in [0.5, 0.6) is 0 Å². The molecule has 1 N–H and O–H groups in total. The summed E-state index contributed by atoms with van der Waals surface area (Å²) in [5, 5.41) is 3.01. The highest BCUT2D eigenvalue weighted by atomic mass is 28.4. The maximum absolute atomic E-state index is 12.4. The third-order valence-electron chi connectivity index (χ3n) is 5.08. The van der Waals surface area contributed by atoms with Gasteiger partial charge in [-0.15, -0.1) is 0 Å². The van der Waals surface area contributed by atoms with E-state index < -0.39 is 20.0 Å². The Kier molecular flexibility index (Phi) is 9.04. The number of ketones is 1. The summed E-state index contributed by atoms with van der Waals surface area (Å²) in [6.45, 7) is 22.1. The van der Waals surface area contributed by atoms with Crippen LogP contribution in [0.3, 0.4) is 0 Å². The summed E-state index contributed by atoms with van der Waals surface area (Å²) < 4.78 is 12.0. The molecule has 0 aromatic rings. The van der Waals surface area contributed by atoms with Crippen LogP contribution < -0.4 is 5.32 Å². The van der Waals surface area contributed by atoms with Gasteiger partial charge in [0.15, 0.2) is 8.32 Å². The zero-order valence-electron chi connectivity index (χ0n) is 18.8. The van der Waals surface area contributed by atoms with Crippen LogP contribution in [0.1, 0.15) is 75.2 Å². The van der Waals surface area contributed by atoms with Gasteiger partial charge in [0.2, 0.25) is 0 Å². The lowest BCUT2D eigenvalue weighted by Crippen LogP contribution is -2.55. The van der Waals surface area contributed by atoms with Gasteiger partial charge in [0.1, 0.15) is 11.4 Å². The molecule has 26 heavy (non-hydrogen) atoms. The van der Waals surface area contributed by atoms with E-state index in [0.29, 0.717) is 0 Å². The zero-order valence-corrected chi connectivity index (χ0v) is 19.8. The minimum atomic E-state index is -2.10. The average Bonchev–Trinajstić information content (AvgIpc) is 2.39. The molecule has 0 saturated heterocycles. The monoisotopic (exact) mass is 387 g/mol. The number of Topliss-reactive ketones (excluding diaryl/α,β-unsaturated/α-hetero) is 1. The number of nitrogens with one attached hydrogen (secondary N) is 1. The molecule has 0 aromatic heterocycles. The van der Waals surface area contributed by atoms with E-state index in [4.69, 9.17) is 9.16 Å². The van der Waals surface area contributed by atoms with Crippen molar-refractivity contribution in [3.63, 3.8) is 0 Å². The quantitative estimate of drug-likeness (QED) is 0.574. The fourth-order valence-corrected chi connectivity index (χ4v) is 3.72. The topological polar surface area (TPSA) is 64.6 Å². The third-order valence-corrected chi connectivity index (χ3v) is 9.59. The Hall–Kier alpha value is -0.883. The summed E-state index contributed by atoms with van der Waals surface area (Å²) in [6, 6.07) is -0.270. The number of carbonyl (C=O) groups is 2.